The van der Waals surface area contributed by atoms with E-state index in [2.05, 4.69) is 0 Å². The zero-order chi connectivity index (χ0) is 10.4. The van der Waals surface area contributed by atoms with Crippen LogP contribution >= 0.6 is 0 Å². The summed E-state index contributed by atoms with van der Waals surface area (Å²) >= 11 is 0. The second-order valence-corrected chi connectivity index (χ2v) is 1.52. The van der Waals surface area contributed by atoms with Gasteiger partial charge in [-0.15, -0.1) is 0 Å². The summed E-state index contributed by atoms with van der Waals surface area (Å²) in [6, 6.07) is 0. The van der Waals surface area contributed by atoms with Crippen LogP contribution in [0.25, 0.3) is 0 Å². The van der Waals surface area contributed by atoms with Crippen molar-refractivity contribution in [3.8, 4) is 0 Å². The van der Waals surface area contributed by atoms with Crippen molar-refractivity contribution in [1.29, 1.82) is 0 Å². The fraction of sp³-hybridized carbons (Fsp3) is 1.00. The fourth-order valence-electron chi connectivity index (χ4n) is 0. The van der Waals surface area contributed by atoms with E-state index in [-0.39, 0.29) is 37.7 Å². The second kappa shape index (κ2) is 8.10. The zero-order valence-corrected chi connectivity index (χ0v) is 8.41. The van der Waals surface area contributed by atoms with E-state index in [0.29, 0.717) is 0 Å². The van der Waals surface area contributed by atoms with Gasteiger partial charge in [-0.1, -0.05) is 0 Å². The van der Waals surface area contributed by atoms with Gasteiger partial charge in [0.05, 0.1) is 0 Å². The van der Waals surface area contributed by atoms with Crippen LogP contribution in [0.5, 0.6) is 0 Å². The summed E-state index contributed by atoms with van der Waals surface area (Å²) in [6.45, 7) is -3.96. The molecular formula is C4H4CaF6O2. The molecule has 0 fully saturated rings. The first-order chi connectivity index (χ1) is 5.12. The van der Waals surface area contributed by atoms with Gasteiger partial charge >= 0.3 is 50.1 Å². The van der Waals surface area contributed by atoms with Crippen LogP contribution < -0.4 is 10.2 Å². The van der Waals surface area contributed by atoms with Crippen LogP contribution in [0.15, 0.2) is 0 Å². The van der Waals surface area contributed by atoms with Gasteiger partial charge < -0.3 is 10.2 Å². The molecule has 0 aliphatic rings. The number of alkyl halides is 6. The van der Waals surface area contributed by atoms with Crippen molar-refractivity contribution in [3.63, 3.8) is 0 Å². The summed E-state index contributed by atoms with van der Waals surface area (Å²) in [5, 5.41) is 17.7. The molecule has 0 aromatic rings. The minimum absolute atomic E-state index is 0. The molecule has 0 unspecified atom stereocenters. The Labute approximate surface area is 99.5 Å². The van der Waals surface area contributed by atoms with Crippen molar-refractivity contribution in [1.82, 2.24) is 0 Å². The molecule has 0 atom stereocenters. The third-order valence-electron chi connectivity index (χ3n) is 0.327. The van der Waals surface area contributed by atoms with E-state index >= 15 is 0 Å². The molecule has 0 saturated heterocycles. The van der Waals surface area contributed by atoms with Crippen LogP contribution in [0.4, 0.5) is 26.3 Å². The van der Waals surface area contributed by atoms with E-state index in [9.17, 15) is 26.3 Å². The molecule has 0 aliphatic heterocycles. The van der Waals surface area contributed by atoms with Crippen molar-refractivity contribution in [2.75, 3.05) is 13.2 Å². The van der Waals surface area contributed by atoms with Crippen LogP contribution in [0.2, 0.25) is 0 Å². The molecule has 0 heterocycles. The third-order valence-corrected chi connectivity index (χ3v) is 0.327. The number of halogens is 6. The summed E-state index contributed by atoms with van der Waals surface area (Å²) in [5.74, 6) is 0. The molecule has 0 radical (unpaired) electrons. The van der Waals surface area contributed by atoms with E-state index in [1.165, 1.54) is 0 Å². The molecule has 0 rings (SSSR count). The SMILES string of the molecule is [Ca+2].[O-]CC(F)(F)F.[O-]CC(F)(F)F. The molecule has 0 bridgehead atoms. The number of hydrogen-bond donors (Lipinski definition) is 0. The minimum atomic E-state index is -4.51. The smallest absolute Gasteiger partial charge is 0.848 e. The predicted molar refractivity (Wildman–Crippen MR) is 27.6 cm³/mol. The van der Waals surface area contributed by atoms with Gasteiger partial charge in [0.25, 0.3) is 0 Å². The van der Waals surface area contributed by atoms with Gasteiger partial charge in [0.2, 0.25) is 0 Å². The average Bonchev–Trinajstić information content (AvgIpc) is 1.86. The fourth-order valence-corrected chi connectivity index (χ4v) is 0. The summed E-state index contributed by atoms with van der Waals surface area (Å²) in [4.78, 5) is 0. The van der Waals surface area contributed by atoms with Crippen LogP contribution in [0, 0.1) is 0 Å². The Balaban J connectivity index is -0.000000143. The van der Waals surface area contributed by atoms with E-state index in [1.807, 2.05) is 0 Å². The Hall–Kier alpha value is 0.760. The van der Waals surface area contributed by atoms with Crippen molar-refractivity contribution >= 4 is 37.7 Å². The van der Waals surface area contributed by atoms with Crippen LogP contribution in [0.3, 0.4) is 0 Å². The maximum absolute atomic E-state index is 10.5. The molecule has 76 valence electrons. The van der Waals surface area contributed by atoms with E-state index in [1.54, 1.807) is 0 Å². The molecule has 0 saturated carbocycles. The summed E-state index contributed by atoms with van der Waals surface area (Å²) in [6.07, 6.45) is -9.03. The Bertz CT molecular complexity index is 96.2. The molecule has 0 spiro atoms. The Morgan fingerprint density at radius 2 is 0.769 bits per heavy atom. The summed E-state index contributed by atoms with van der Waals surface area (Å²) in [7, 11) is 0. The first-order valence-corrected chi connectivity index (χ1v) is 2.42. The summed E-state index contributed by atoms with van der Waals surface area (Å²) in [5.41, 5.74) is 0. The van der Waals surface area contributed by atoms with E-state index < -0.39 is 25.6 Å². The first-order valence-electron chi connectivity index (χ1n) is 2.42. The average molecular weight is 238 g/mol. The van der Waals surface area contributed by atoms with Crippen LogP contribution in [-0.4, -0.2) is 63.3 Å². The van der Waals surface area contributed by atoms with Crippen molar-refractivity contribution < 1.29 is 36.6 Å². The molecule has 2 nitrogen and oxygen atoms in total. The first kappa shape index (κ1) is 19.4. The van der Waals surface area contributed by atoms with Gasteiger partial charge in [-0.2, -0.15) is 26.3 Å². The number of hydrogen-bond acceptors (Lipinski definition) is 2. The van der Waals surface area contributed by atoms with Gasteiger partial charge in [0.15, 0.2) is 0 Å². The molecule has 0 aromatic carbocycles. The number of rotatable bonds is 0. The van der Waals surface area contributed by atoms with Gasteiger partial charge in [-0.05, 0) is 13.2 Å². The molecule has 0 aliphatic carbocycles. The molecule has 13 heavy (non-hydrogen) atoms. The van der Waals surface area contributed by atoms with Crippen molar-refractivity contribution in [2.45, 2.75) is 12.4 Å². The maximum Gasteiger partial charge on any atom is 2.00 e. The van der Waals surface area contributed by atoms with Crippen LogP contribution in [-0.2, 0) is 0 Å². The van der Waals surface area contributed by atoms with Gasteiger partial charge in [-0.3, -0.25) is 0 Å². The zero-order valence-electron chi connectivity index (χ0n) is 6.21. The Morgan fingerprint density at radius 1 is 0.692 bits per heavy atom. The Kier molecular flexibility index (Phi) is 12.1. The standard InChI is InChI=1S/2C2H2F3O.Ca/c2*3-2(4,5)1-6;/h2*1H2;/q2*-1;+2. The van der Waals surface area contributed by atoms with E-state index in [4.69, 9.17) is 10.2 Å². The van der Waals surface area contributed by atoms with Crippen LogP contribution in [0.1, 0.15) is 0 Å². The van der Waals surface area contributed by atoms with Gasteiger partial charge in [0, 0.05) is 0 Å². The molecule has 0 N–H and O–H groups in total. The van der Waals surface area contributed by atoms with Gasteiger partial charge in [-0.25, -0.2) is 0 Å². The van der Waals surface area contributed by atoms with E-state index in [0.717, 1.165) is 0 Å². The molecule has 9 heteroatoms. The second-order valence-electron chi connectivity index (χ2n) is 1.52. The monoisotopic (exact) mass is 238 g/mol. The molecular weight excluding hydrogens is 234 g/mol. The van der Waals surface area contributed by atoms with Crippen molar-refractivity contribution in [2.24, 2.45) is 0 Å². The normalized spacial score (nSPS) is 11.1. The predicted octanol–water partition coefficient (Wildman–Crippen LogP) is -0.563. The topological polar surface area (TPSA) is 46.1 Å². The molecule has 0 amide bonds. The minimum Gasteiger partial charge on any atom is -0.848 e. The molecule has 0 aromatic heterocycles. The largest absolute Gasteiger partial charge is 2.00 e. The third kappa shape index (κ3) is 32.3. The van der Waals surface area contributed by atoms with Crippen molar-refractivity contribution in [3.05, 3.63) is 0 Å². The summed E-state index contributed by atoms with van der Waals surface area (Å²) < 4.78 is 62.8. The van der Waals surface area contributed by atoms with Gasteiger partial charge in [0.1, 0.15) is 0 Å². The Morgan fingerprint density at radius 3 is 0.769 bits per heavy atom. The maximum atomic E-state index is 10.5. The quantitative estimate of drug-likeness (QED) is 0.419.